The fourth-order valence-electron chi connectivity index (χ4n) is 1.98. The minimum atomic E-state index is 0.121. The molecule has 1 aromatic rings. The first-order valence-corrected chi connectivity index (χ1v) is 6.61. The molecule has 0 aliphatic rings. The average Bonchev–Trinajstić information content (AvgIpc) is 2.34. The highest BCUT2D eigenvalue weighted by atomic mass is 16.2. The number of rotatable bonds is 6. The first-order valence-electron chi connectivity index (χ1n) is 6.61. The highest BCUT2D eigenvalue weighted by Gasteiger charge is 2.17. The van der Waals surface area contributed by atoms with Crippen molar-refractivity contribution in [2.45, 2.75) is 27.2 Å². The zero-order chi connectivity index (χ0) is 13.5. The van der Waals surface area contributed by atoms with Crippen LogP contribution in [-0.2, 0) is 0 Å². The van der Waals surface area contributed by atoms with Crippen LogP contribution in [-0.4, -0.2) is 30.4 Å². The zero-order valence-corrected chi connectivity index (χ0v) is 11.6. The second kappa shape index (κ2) is 7.17. The summed E-state index contributed by atoms with van der Waals surface area (Å²) >= 11 is 0. The molecule has 0 aliphatic heterocycles. The summed E-state index contributed by atoms with van der Waals surface area (Å²) in [6, 6.07) is 7.74. The molecule has 0 saturated carbocycles. The summed E-state index contributed by atoms with van der Waals surface area (Å²) in [5.41, 5.74) is 7.37. The summed E-state index contributed by atoms with van der Waals surface area (Å²) < 4.78 is 0. The van der Waals surface area contributed by atoms with Crippen LogP contribution in [0.25, 0.3) is 0 Å². The van der Waals surface area contributed by atoms with Crippen LogP contribution in [0.15, 0.2) is 24.3 Å². The summed E-state index contributed by atoms with van der Waals surface area (Å²) in [6.07, 6.45) is 0.852. The lowest BCUT2D eigenvalue weighted by molar-refractivity contribution is 0.0734. The smallest absolute Gasteiger partial charge is 0.254 e. The molecule has 3 heteroatoms. The maximum Gasteiger partial charge on any atom is 0.254 e. The maximum absolute atomic E-state index is 12.5. The van der Waals surface area contributed by atoms with Crippen molar-refractivity contribution < 1.29 is 4.79 Å². The van der Waals surface area contributed by atoms with Gasteiger partial charge in [0.05, 0.1) is 0 Å². The molecule has 0 bridgehead atoms. The molecule has 1 amide bonds. The van der Waals surface area contributed by atoms with Gasteiger partial charge in [0.15, 0.2) is 0 Å². The Hall–Kier alpha value is -1.35. The van der Waals surface area contributed by atoms with Gasteiger partial charge >= 0.3 is 0 Å². The first-order chi connectivity index (χ1) is 8.56. The number of aryl methyl sites for hydroxylation is 1. The van der Waals surface area contributed by atoms with Gasteiger partial charge in [-0.25, -0.2) is 0 Å². The van der Waals surface area contributed by atoms with Crippen LogP contribution in [0.1, 0.15) is 36.2 Å². The van der Waals surface area contributed by atoms with Gasteiger partial charge in [-0.3, -0.25) is 4.79 Å². The van der Waals surface area contributed by atoms with E-state index < -0.39 is 0 Å². The third kappa shape index (κ3) is 4.15. The Balaban J connectivity index is 2.84. The molecule has 0 aliphatic carbocycles. The number of hydrogen-bond acceptors (Lipinski definition) is 2. The fraction of sp³-hybridized carbons (Fsp3) is 0.533. The van der Waals surface area contributed by atoms with Crippen LogP contribution >= 0.6 is 0 Å². The summed E-state index contributed by atoms with van der Waals surface area (Å²) in [7, 11) is 0. The minimum Gasteiger partial charge on any atom is -0.338 e. The molecular formula is C15H24N2O. The molecule has 0 heterocycles. The predicted molar refractivity (Wildman–Crippen MR) is 75.6 cm³/mol. The summed E-state index contributed by atoms with van der Waals surface area (Å²) in [6.45, 7) is 8.37. The predicted octanol–water partition coefficient (Wildman–Crippen LogP) is 2.44. The molecule has 100 valence electrons. The Morgan fingerprint density at radius 3 is 2.56 bits per heavy atom. The number of hydrogen-bond donors (Lipinski definition) is 1. The molecule has 0 spiro atoms. The van der Waals surface area contributed by atoms with Crippen molar-refractivity contribution in [2.24, 2.45) is 11.7 Å². The molecule has 0 aromatic heterocycles. The van der Waals surface area contributed by atoms with Gasteiger partial charge in [0.2, 0.25) is 0 Å². The molecule has 1 rings (SSSR count). The lowest BCUT2D eigenvalue weighted by atomic mass is 10.1. The molecule has 3 nitrogen and oxygen atoms in total. The van der Waals surface area contributed by atoms with E-state index in [4.69, 9.17) is 5.73 Å². The van der Waals surface area contributed by atoms with Crippen molar-refractivity contribution in [3.8, 4) is 0 Å². The third-order valence-electron chi connectivity index (χ3n) is 2.88. The van der Waals surface area contributed by atoms with E-state index in [1.807, 2.05) is 36.1 Å². The van der Waals surface area contributed by atoms with E-state index in [-0.39, 0.29) is 5.91 Å². The highest BCUT2D eigenvalue weighted by Crippen LogP contribution is 2.12. The highest BCUT2D eigenvalue weighted by molar-refractivity contribution is 5.95. The van der Waals surface area contributed by atoms with E-state index in [1.165, 1.54) is 0 Å². The molecule has 18 heavy (non-hydrogen) atoms. The second-order valence-electron chi connectivity index (χ2n) is 5.10. The van der Waals surface area contributed by atoms with Crippen molar-refractivity contribution in [1.29, 1.82) is 0 Å². The van der Waals surface area contributed by atoms with Gasteiger partial charge in [-0.15, -0.1) is 0 Å². The number of benzene rings is 1. The Kier molecular flexibility index (Phi) is 5.86. The van der Waals surface area contributed by atoms with Crippen LogP contribution in [0.2, 0.25) is 0 Å². The number of nitrogens with zero attached hydrogens (tertiary/aromatic N) is 1. The maximum atomic E-state index is 12.5. The molecule has 1 aromatic carbocycles. The summed E-state index contributed by atoms with van der Waals surface area (Å²) in [5, 5.41) is 0. The van der Waals surface area contributed by atoms with E-state index >= 15 is 0 Å². The number of carbonyl (C=O) groups is 1. The van der Waals surface area contributed by atoms with Gasteiger partial charge in [-0.1, -0.05) is 32.0 Å². The van der Waals surface area contributed by atoms with Gasteiger partial charge < -0.3 is 10.6 Å². The van der Waals surface area contributed by atoms with Crippen molar-refractivity contribution in [2.75, 3.05) is 19.6 Å². The van der Waals surface area contributed by atoms with Gasteiger partial charge in [-0.2, -0.15) is 0 Å². The third-order valence-corrected chi connectivity index (χ3v) is 2.88. The van der Waals surface area contributed by atoms with E-state index in [9.17, 15) is 4.79 Å². The van der Waals surface area contributed by atoms with Gasteiger partial charge in [0.25, 0.3) is 5.91 Å². The summed E-state index contributed by atoms with van der Waals surface area (Å²) in [4.78, 5) is 14.4. The molecule has 0 atom stereocenters. The van der Waals surface area contributed by atoms with E-state index in [0.717, 1.165) is 30.6 Å². The largest absolute Gasteiger partial charge is 0.338 e. The van der Waals surface area contributed by atoms with Gasteiger partial charge in [-0.05, 0) is 37.4 Å². The molecule has 0 unspecified atom stereocenters. The van der Waals surface area contributed by atoms with Crippen molar-refractivity contribution in [1.82, 2.24) is 4.90 Å². The lowest BCUT2D eigenvalue weighted by Crippen LogP contribution is -2.36. The lowest BCUT2D eigenvalue weighted by Gasteiger charge is -2.25. The van der Waals surface area contributed by atoms with E-state index in [1.54, 1.807) is 0 Å². The Morgan fingerprint density at radius 2 is 2.00 bits per heavy atom. The zero-order valence-electron chi connectivity index (χ0n) is 11.6. The van der Waals surface area contributed by atoms with Crippen LogP contribution < -0.4 is 5.73 Å². The SMILES string of the molecule is Cc1ccccc1C(=O)N(CCCN)CC(C)C. The van der Waals surface area contributed by atoms with Crippen LogP contribution in [0, 0.1) is 12.8 Å². The Labute approximate surface area is 110 Å². The standard InChI is InChI=1S/C15H24N2O/c1-12(2)11-17(10-6-9-16)15(18)14-8-5-4-7-13(14)3/h4-5,7-8,12H,6,9-11,16H2,1-3H3. The van der Waals surface area contributed by atoms with E-state index in [2.05, 4.69) is 13.8 Å². The van der Waals surface area contributed by atoms with E-state index in [0.29, 0.717) is 12.5 Å². The second-order valence-corrected chi connectivity index (χ2v) is 5.10. The average molecular weight is 248 g/mol. The Bertz CT molecular complexity index is 388. The van der Waals surface area contributed by atoms with Crippen molar-refractivity contribution in [3.05, 3.63) is 35.4 Å². The van der Waals surface area contributed by atoms with Crippen LogP contribution in [0.4, 0.5) is 0 Å². The molecule has 0 saturated heterocycles. The van der Waals surface area contributed by atoms with Gasteiger partial charge in [0.1, 0.15) is 0 Å². The normalized spacial score (nSPS) is 10.7. The molecular weight excluding hydrogens is 224 g/mol. The quantitative estimate of drug-likeness (QED) is 0.840. The minimum absolute atomic E-state index is 0.121. The Morgan fingerprint density at radius 1 is 1.33 bits per heavy atom. The molecule has 0 fully saturated rings. The first kappa shape index (κ1) is 14.7. The topological polar surface area (TPSA) is 46.3 Å². The summed E-state index contributed by atoms with van der Waals surface area (Å²) in [5.74, 6) is 0.589. The molecule has 0 radical (unpaired) electrons. The number of amides is 1. The monoisotopic (exact) mass is 248 g/mol. The van der Waals surface area contributed by atoms with Crippen LogP contribution in [0.5, 0.6) is 0 Å². The van der Waals surface area contributed by atoms with Gasteiger partial charge in [0, 0.05) is 18.7 Å². The molecule has 2 N–H and O–H groups in total. The van der Waals surface area contributed by atoms with Crippen molar-refractivity contribution >= 4 is 5.91 Å². The number of carbonyl (C=O) groups excluding carboxylic acids is 1. The van der Waals surface area contributed by atoms with Crippen LogP contribution in [0.3, 0.4) is 0 Å². The fourth-order valence-corrected chi connectivity index (χ4v) is 1.98. The number of nitrogens with two attached hydrogens (primary N) is 1. The van der Waals surface area contributed by atoms with Crippen molar-refractivity contribution in [3.63, 3.8) is 0 Å².